The van der Waals surface area contributed by atoms with Crippen molar-refractivity contribution < 1.29 is 22.4 Å². The molecule has 0 unspecified atom stereocenters. The molecule has 39 heavy (non-hydrogen) atoms. The Morgan fingerprint density at radius 3 is 2.62 bits per heavy atom. The highest BCUT2D eigenvalue weighted by Crippen LogP contribution is 2.36. The molecule has 200 valence electrons. The average Bonchev–Trinajstić information content (AvgIpc) is 3.65. The van der Waals surface area contributed by atoms with Gasteiger partial charge < -0.3 is 9.73 Å². The first kappa shape index (κ1) is 27.3. The van der Waals surface area contributed by atoms with E-state index in [2.05, 4.69) is 20.5 Å². The van der Waals surface area contributed by atoms with Gasteiger partial charge in [-0.25, -0.2) is 4.98 Å². The molecule has 0 bridgehead atoms. The van der Waals surface area contributed by atoms with E-state index < -0.39 is 11.7 Å². The lowest BCUT2D eigenvalue weighted by Crippen LogP contribution is -2.14. The molecule has 0 radical (unpaired) electrons. The maximum Gasteiger partial charge on any atom is 0.417 e. The molecule has 0 aliphatic carbocycles. The minimum Gasteiger partial charge on any atom is -0.461 e. The van der Waals surface area contributed by atoms with Crippen LogP contribution in [0.1, 0.15) is 16.0 Å². The van der Waals surface area contributed by atoms with Gasteiger partial charge in [-0.3, -0.25) is 9.36 Å². The number of nitrogens with one attached hydrogen (secondary N) is 1. The fraction of sp³-hybridized carbons (Fsp3) is 0.120. The first-order valence-corrected chi connectivity index (χ1v) is 13.7. The van der Waals surface area contributed by atoms with Crippen LogP contribution in [0.3, 0.4) is 0 Å². The number of amides is 1. The first-order valence-electron chi connectivity index (χ1n) is 11.2. The van der Waals surface area contributed by atoms with Gasteiger partial charge in [-0.05, 0) is 54.1 Å². The monoisotopic (exact) mass is 609 g/mol. The predicted octanol–water partition coefficient (Wildman–Crippen LogP) is 7.63. The van der Waals surface area contributed by atoms with E-state index in [9.17, 15) is 18.0 Å². The van der Waals surface area contributed by atoms with Crippen LogP contribution in [0.15, 0.2) is 76.6 Å². The minimum absolute atomic E-state index is 0.00488. The van der Waals surface area contributed by atoms with E-state index in [1.807, 2.05) is 0 Å². The number of rotatable bonds is 8. The van der Waals surface area contributed by atoms with Crippen molar-refractivity contribution in [2.45, 2.75) is 17.8 Å². The Labute approximate surface area is 238 Å². The number of halogens is 5. The number of nitrogens with zero attached hydrogens (tertiary/aromatic N) is 4. The molecule has 3 aromatic heterocycles. The normalized spacial score (nSPS) is 11.6. The van der Waals surface area contributed by atoms with Crippen molar-refractivity contribution in [1.29, 1.82) is 0 Å². The van der Waals surface area contributed by atoms with Crippen LogP contribution < -0.4 is 5.32 Å². The zero-order chi connectivity index (χ0) is 27.6. The highest BCUT2D eigenvalue weighted by atomic mass is 35.5. The Hall–Kier alpha value is -3.32. The Kier molecular flexibility index (Phi) is 7.98. The summed E-state index contributed by atoms with van der Waals surface area (Å²) in [5, 5.41) is 12.2. The van der Waals surface area contributed by atoms with Crippen LogP contribution in [-0.4, -0.2) is 31.4 Å². The molecule has 0 saturated carbocycles. The number of carbonyl (C=O) groups is 1. The van der Waals surface area contributed by atoms with Crippen LogP contribution >= 0.6 is 46.3 Å². The maximum atomic E-state index is 13.2. The highest BCUT2D eigenvalue weighted by molar-refractivity contribution is 7.99. The molecule has 1 amide bonds. The fourth-order valence-electron chi connectivity index (χ4n) is 3.59. The van der Waals surface area contributed by atoms with E-state index >= 15 is 0 Å². The van der Waals surface area contributed by atoms with Gasteiger partial charge in [0.1, 0.15) is 0 Å². The lowest BCUT2D eigenvalue weighted by atomic mass is 10.1. The van der Waals surface area contributed by atoms with Crippen LogP contribution in [0.5, 0.6) is 0 Å². The Morgan fingerprint density at radius 1 is 1.10 bits per heavy atom. The largest absolute Gasteiger partial charge is 0.461 e. The number of benzene rings is 2. The first-order chi connectivity index (χ1) is 18.7. The van der Waals surface area contributed by atoms with Crippen LogP contribution in [0, 0.1) is 0 Å². The van der Waals surface area contributed by atoms with E-state index in [1.54, 1.807) is 41.0 Å². The molecule has 0 fully saturated rings. The van der Waals surface area contributed by atoms with Crippen molar-refractivity contribution in [3.8, 4) is 17.3 Å². The van der Waals surface area contributed by atoms with Crippen LogP contribution in [0.2, 0.25) is 10.0 Å². The van der Waals surface area contributed by atoms with Gasteiger partial charge in [-0.1, -0.05) is 41.0 Å². The summed E-state index contributed by atoms with van der Waals surface area (Å²) in [5.41, 5.74) is 0.273. The molecule has 0 atom stereocenters. The molecule has 1 N–H and O–H groups in total. The van der Waals surface area contributed by atoms with Gasteiger partial charge in [0.2, 0.25) is 11.7 Å². The minimum atomic E-state index is -4.55. The van der Waals surface area contributed by atoms with Crippen LogP contribution in [0.4, 0.5) is 18.3 Å². The molecule has 0 aliphatic heterocycles. The lowest BCUT2D eigenvalue weighted by Gasteiger charge is -2.10. The van der Waals surface area contributed by atoms with Crippen molar-refractivity contribution in [3.63, 3.8) is 0 Å². The SMILES string of the molecule is O=C(CSc1nnc(-c2ccco2)n1-c1ccc(Cl)cc1)Nc1ncc(Cc2ccc(Cl)c(C(F)(F)F)c2)s1. The summed E-state index contributed by atoms with van der Waals surface area (Å²) in [7, 11) is 0. The quantitative estimate of drug-likeness (QED) is 0.182. The highest BCUT2D eigenvalue weighted by Gasteiger charge is 2.33. The second kappa shape index (κ2) is 11.4. The molecule has 3 heterocycles. The summed E-state index contributed by atoms with van der Waals surface area (Å²) in [4.78, 5) is 17.5. The summed E-state index contributed by atoms with van der Waals surface area (Å²) in [6.07, 6.45) is -1.29. The molecule has 5 aromatic rings. The molecular weight excluding hydrogens is 594 g/mol. The number of hydrogen-bond donors (Lipinski definition) is 1. The molecule has 5 rings (SSSR count). The Bertz CT molecular complexity index is 1600. The average molecular weight is 610 g/mol. The summed E-state index contributed by atoms with van der Waals surface area (Å²) < 4.78 is 46.7. The number of alkyl halides is 3. The maximum absolute atomic E-state index is 13.2. The zero-order valence-electron chi connectivity index (χ0n) is 19.6. The van der Waals surface area contributed by atoms with Gasteiger partial charge in [0.15, 0.2) is 16.0 Å². The van der Waals surface area contributed by atoms with Gasteiger partial charge in [-0.2, -0.15) is 13.2 Å². The van der Waals surface area contributed by atoms with Gasteiger partial charge in [0, 0.05) is 28.2 Å². The number of carbonyl (C=O) groups excluding carboxylic acids is 1. The van der Waals surface area contributed by atoms with Crippen LogP contribution in [-0.2, 0) is 17.4 Å². The van der Waals surface area contributed by atoms with E-state index in [-0.39, 0.29) is 23.1 Å². The number of thiazole rings is 1. The smallest absolute Gasteiger partial charge is 0.417 e. The molecular formula is C25H16Cl2F3N5O2S2. The number of thioether (sulfide) groups is 1. The standard InChI is InChI=1S/C25H16Cl2F3N5O2S2/c26-15-4-6-16(7-5-15)35-22(20-2-1-9-37-20)33-34-24(35)38-13-21(36)32-23-31-12-17(39-23)10-14-3-8-19(27)18(11-14)25(28,29)30/h1-9,11-12H,10,13H2,(H,31,32,36). The van der Waals surface area contributed by atoms with Crippen molar-refractivity contribution >= 4 is 57.3 Å². The third-order valence-corrected chi connectivity index (χ3v) is 7.73. The Morgan fingerprint density at radius 2 is 1.90 bits per heavy atom. The van der Waals surface area contributed by atoms with Gasteiger partial charge in [0.05, 0.1) is 22.6 Å². The number of anilines is 1. The molecule has 0 spiro atoms. The van der Waals surface area contributed by atoms with Crippen molar-refractivity contribution in [3.05, 3.63) is 93.1 Å². The molecule has 14 heteroatoms. The third-order valence-electron chi connectivity index (χ3n) is 5.31. The van der Waals surface area contributed by atoms with E-state index in [1.165, 1.54) is 47.7 Å². The van der Waals surface area contributed by atoms with Crippen molar-refractivity contribution in [2.24, 2.45) is 0 Å². The summed E-state index contributed by atoms with van der Waals surface area (Å²) in [6, 6.07) is 14.3. The van der Waals surface area contributed by atoms with E-state index in [4.69, 9.17) is 27.6 Å². The third kappa shape index (κ3) is 6.47. The van der Waals surface area contributed by atoms with Gasteiger partial charge in [-0.15, -0.1) is 21.5 Å². The molecule has 0 saturated heterocycles. The van der Waals surface area contributed by atoms with Crippen LogP contribution in [0.25, 0.3) is 17.3 Å². The van der Waals surface area contributed by atoms with E-state index in [0.29, 0.717) is 37.3 Å². The lowest BCUT2D eigenvalue weighted by molar-refractivity contribution is -0.137. The predicted molar refractivity (Wildman–Crippen MR) is 145 cm³/mol. The second-order valence-corrected chi connectivity index (χ2v) is 11.0. The number of aromatic nitrogens is 4. The van der Waals surface area contributed by atoms with Gasteiger partial charge in [0.25, 0.3) is 0 Å². The second-order valence-electron chi connectivity index (χ2n) is 8.05. The van der Waals surface area contributed by atoms with E-state index in [0.717, 1.165) is 11.8 Å². The van der Waals surface area contributed by atoms with Crippen molar-refractivity contribution in [1.82, 2.24) is 19.7 Å². The van der Waals surface area contributed by atoms with Gasteiger partial charge >= 0.3 is 6.18 Å². The zero-order valence-corrected chi connectivity index (χ0v) is 22.7. The van der Waals surface area contributed by atoms with Crippen molar-refractivity contribution in [2.75, 3.05) is 11.1 Å². The summed E-state index contributed by atoms with van der Waals surface area (Å²) in [6.45, 7) is 0. The molecule has 7 nitrogen and oxygen atoms in total. The topological polar surface area (TPSA) is 85.8 Å². The number of furan rings is 1. The molecule has 0 aliphatic rings. The summed E-state index contributed by atoms with van der Waals surface area (Å²) >= 11 is 14.1. The Balaban J connectivity index is 1.26. The molecule has 2 aromatic carbocycles. The summed E-state index contributed by atoms with van der Waals surface area (Å²) in [5.74, 6) is 0.639. The fourth-order valence-corrected chi connectivity index (χ4v) is 5.55. The number of hydrogen-bond acceptors (Lipinski definition) is 7.